The van der Waals surface area contributed by atoms with Gasteiger partial charge in [-0.2, -0.15) is 0 Å². The van der Waals surface area contributed by atoms with E-state index in [0.717, 1.165) is 5.52 Å². The molecule has 0 spiro atoms. The van der Waals surface area contributed by atoms with Crippen molar-refractivity contribution in [2.75, 3.05) is 0 Å². The molecule has 0 aliphatic heterocycles. The van der Waals surface area contributed by atoms with Crippen LogP contribution in [0.15, 0.2) is 48.8 Å². The first-order valence-electron chi connectivity index (χ1n) is 6.43. The number of fused-ring (bicyclic) bond motifs is 1. The number of carbonyl (C=O) groups is 1. The number of nitro groups is 1. The van der Waals surface area contributed by atoms with Crippen LogP contribution in [0, 0.1) is 10.1 Å². The maximum atomic E-state index is 12.1. The van der Waals surface area contributed by atoms with Gasteiger partial charge in [0, 0.05) is 19.2 Å². The van der Waals surface area contributed by atoms with E-state index in [4.69, 9.17) is 4.74 Å². The molecule has 0 aliphatic carbocycles. The summed E-state index contributed by atoms with van der Waals surface area (Å²) in [5.74, 6) is -0.489. The van der Waals surface area contributed by atoms with Crippen LogP contribution < -0.4 is 4.74 Å². The molecule has 0 unspecified atom stereocenters. The Morgan fingerprint density at radius 3 is 2.82 bits per heavy atom. The molecule has 0 saturated heterocycles. The van der Waals surface area contributed by atoms with Crippen molar-refractivity contribution < 1.29 is 14.5 Å². The van der Waals surface area contributed by atoms with E-state index in [-0.39, 0.29) is 17.0 Å². The van der Waals surface area contributed by atoms with Gasteiger partial charge in [0.05, 0.1) is 22.3 Å². The molecule has 7 nitrogen and oxygen atoms in total. The Bertz CT molecular complexity index is 885. The van der Waals surface area contributed by atoms with Crippen molar-refractivity contribution in [3.63, 3.8) is 0 Å². The third-order valence-corrected chi connectivity index (χ3v) is 3.23. The van der Waals surface area contributed by atoms with Crippen molar-refractivity contribution in [1.82, 2.24) is 9.55 Å². The minimum atomic E-state index is -0.775. The second-order valence-corrected chi connectivity index (χ2v) is 4.67. The van der Waals surface area contributed by atoms with E-state index in [2.05, 4.69) is 4.98 Å². The summed E-state index contributed by atoms with van der Waals surface area (Å²) in [4.78, 5) is 26.6. The first-order valence-corrected chi connectivity index (χ1v) is 6.43. The lowest BCUT2D eigenvalue weighted by Gasteiger charge is -2.05. The second-order valence-electron chi connectivity index (χ2n) is 4.67. The van der Waals surface area contributed by atoms with Crippen LogP contribution in [0.25, 0.3) is 11.0 Å². The fourth-order valence-electron chi connectivity index (χ4n) is 2.15. The summed E-state index contributed by atoms with van der Waals surface area (Å²) >= 11 is 0. The number of esters is 1. The van der Waals surface area contributed by atoms with Crippen molar-refractivity contribution in [1.29, 1.82) is 0 Å². The zero-order valence-corrected chi connectivity index (χ0v) is 11.6. The van der Waals surface area contributed by atoms with Gasteiger partial charge in [0.25, 0.3) is 5.69 Å². The number of ether oxygens (including phenoxy) is 1. The molecule has 7 heteroatoms. The third kappa shape index (κ3) is 2.39. The van der Waals surface area contributed by atoms with Crippen LogP contribution in [0.2, 0.25) is 0 Å². The molecule has 22 heavy (non-hydrogen) atoms. The highest BCUT2D eigenvalue weighted by Gasteiger charge is 2.21. The Morgan fingerprint density at radius 1 is 1.27 bits per heavy atom. The molecule has 0 N–H and O–H groups in total. The highest BCUT2D eigenvalue weighted by Crippen LogP contribution is 2.23. The monoisotopic (exact) mass is 297 g/mol. The van der Waals surface area contributed by atoms with Crippen molar-refractivity contribution >= 4 is 22.7 Å². The van der Waals surface area contributed by atoms with Gasteiger partial charge in [-0.3, -0.25) is 10.1 Å². The molecule has 110 valence electrons. The largest absolute Gasteiger partial charge is 0.423 e. The molecule has 0 saturated carbocycles. The molecule has 0 radical (unpaired) electrons. The van der Waals surface area contributed by atoms with E-state index in [1.807, 2.05) is 11.6 Å². The molecule has 0 atom stereocenters. The lowest BCUT2D eigenvalue weighted by Crippen LogP contribution is -2.11. The zero-order valence-electron chi connectivity index (χ0n) is 11.6. The number of nitro benzene ring substituents is 1. The number of nitrogens with zero attached hydrogens (tertiary/aromatic N) is 3. The number of aryl methyl sites for hydroxylation is 1. The molecule has 0 fully saturated rings. The van der Waals surface area contributed by atoms with Gasteiger partial charge in [0.15, 0.2) is 0 Å². The number of rotatable bonds is 3. The molecule has 3 rings (SSSR count). The van der Waals surface area contributed by atoms with Gasteiger partial charge in [-0.15, -0.1) is 0 Å². The highest BCUT2D eigenvalue weighted by molar-refractivity contribution is 5.95. The van der Waals surface area contributed by atoms with Gasteiger partial charge in [-0.05, 0) is 18.2 Å². The molecule has 1 aromatic heterocycles. The number of hydrogen-bond acceptors (Lipinski definition) is 5. The van der Waals surface area contributed by atoms with Crippen LogP contribution in [0.1, 0.15) is 10.4 Å². The Kier molecular flexibility index (Phi) is 3.30. The van der Waals surface area contributed by atoms with Crippen molar-refractivity contribution in [3.05, 3.63) is 64.5 Å². The maximum Gasteiger partial charge on any atom is 0.350 e. The van der Waals surface area contributed by atoms with E-state index in [1.54, 1.807) is 30.6 Å². The van der Waals surface area contributed by atoms with Gasteiger partial charge in [0.1, 0.15) is 11.3 Å². The molecule has 0 aliphatic rings. The Morgan fingerprint density at radius 2 is 2.05 bits per heavy atom. The zero-order chi connectivity index (χ0) is 15.7. The first-order chi connectivity index (χ1) is 10.6. The third-order valence-electron chi connectivity index (χ3n) is 3.23. The Hall–Kier alpha value is -3.22. The van der Waals surface area contributed by atoms with E-state index in [1.165, 1.54) is 18.2 Å². The van der Waals surface area contributed by atoms with Gasteiger partial charge in [-0.25, -0.2) is 9.78 Å². The van der Waals surface area contributed by atoms with Gasteiger partial charge in [-0.1, -0.05) is 12.1 Å². The minimum Gasteiger partial charge on any atom is -0.423 e. The van der Waals surface area contributed by atoms with Crippen LogP contribution in [-0.2, 0) is 7.05 Å². The van der Waals surface area contributed by atoms with E-state index < -0.39 is 10.9 Å². The van der Waals surface area contributed by atoms with Crippen LogP contribution in [0.3, 0.4) is 0 Å². The highest BCUT2D eigenvalue weighted by atomic mass is 16.6. The molecular formula is C15H11N3O4. The summed E-state index contributed by atoms with van der Waals surface area (Å²) in [5.41, 5.74) is 1.20. The summed E-state index contributed by atoms with van der Waals surface area (Å²) < 4.78 is 7.05. The fraction of sp³-hybridized carbons (Fsp3) is 0.0667. The molecule has 0 bridgehead atoms. The smallest absolute Gasteiger partial charge is 0.350 e. The second kappa shape index (κ2) is 5.28. The summed E-state index contributed by atoms with van der Waals surface area (Å²) in [5, 5.41) is 10.9. The molecule has 1 heterocycles. The molecule has 2 aromatic carbocycles. The fourth-order valence-corrected chi connectivity index (χ4v) is 2.15. The quantitative estimate of drug-likeness (QED) is 0.321. The number of imidazole rings is 1. The average molecular weight is 297 g/mol. The van der Waals surface area contributed by atoms with E-state index in [0.29, 0.717) is 5.52 Å². The number of aromatic nitrogens is 2. The Balaban J connectivity index is 1.91. The van der Waals surface area contributed by atoms with Crippen molar-refractivity contribution in [3.8, 4) is 5.75 Å². The topological polar surface area (TPSA) is 87.3 Å². The van der Waals surface area contributed by atoms with Gasteiger partial charge in [0.2, 0.25) is 0 Å². The van der Waals surface area contributed by atoms with Crippen LogP contribution in [-0.4, -0.2) is 20.4 Å². The van der Waals surface area contributed by atoms with Crippen molar-refractivity contribution in [2.45, 2.75) is 0 Å². The maximum absolute atomic E-state index is 12.1. The minimum absolute atomic E-state index is 0.0892. The lowest BCUT2D eigenvalue weighted by atomic mass is 10.2. The number of para-hydroxylation sites is 1. The van der Waals surface area contributed by atoms with Gasteiger partial charge >= 0.3 is 5.97 Å². The standard InChI is InChI=1S/C15H11N3O4/c1-17-9-16-12-8-10(6-7-14(12)17)22-15(19)11-4-2-3-5-13(11)18(20)21/h2-9H,1H3. The summed E-state index contributed by atoms with van der Waals surface area (Å²) in [7, 11) is 1.86. The van der Waals surface area contributed by atoms with Gasteiger partial charge < -0.3 is 9.30 Å². The molecule has 3 aromatic rings. The molecule has 0 amide bonds. The lowest BCUT2D eigenvalue weighted by molar-refractivity contribution is -0.385. The summed E-state index contributed by atoms with van der Waals surface area (Å²) in [6.45, 7) is 0. The van der Waals surface area contributed by atoms with Crippen LogP contribution in [0.4, 0.5) is 5.69 Å². The summed E-state index contributed by atoms with van der Waals surface area (Å²) in [6, 6.07) is 10.7. The Labute approximate surface area is 124 Å². The van der Waals surface area contributed by atoms with Crippen LogP contribution >= 0.6 is 0 Å². The van der Waals surface area contributed by atoms with Crippen LogP contribution in [0.5, 0.6) is 5.75 Å². The predicted molar refractivity (Wildman–Crippen MR) is 78.8 cm³/mol. The summed E-state index contributed by atoms with van der Waals surface area (Å²) in [6.07, 6.45) is 1.65. The number of hydrogen-bond donors (Lipinski definition) is 0. The van der Waals surface area contributed by atoms with E-state index in [9.17, 15) is 14.9 Å². The SMILES string of the molecule is Cn1cnc2cc(OC(=O)c3ccccc3[N+](=O)[O-])ccc21. The first kappa shape index (κ1) is 13.7. The molecular weight excluding hydrogens is 286 g/mol. The van der Waals surface area contributed by atoms with Crippen molar-refractivity contribution in [2.24, 2.45) is 7.05 Å². The predicted octanol–water partition coefficient (Wildman–Crippen LogP) is 2.70. The number of carbonyl (C=O) groups excluding carboxylic acids is 1. The van der Waals surface area contributed by atoms with E-state index >= 15 is 0 Å². The normalized spacial score (nSPS) is 10.6. The number of benzene rings is 2. The average Bonchev–Trinajstić information content (AvgIpc) is 2.88.